The van der Waals surface area contributed by atoms with Crippen molar-refractivity contribution in [3.63, 3.8) is 0 Å². The Bertz CT molecular complexity index is 1100. The largest absolute Gasteiger partial charge is 0.394 e. The zero-order valence-electron chi connectivity index (χ0n) is 19.4. The van der Waals surface area contributed by atoms with Crippen LogP contribution in [0.2, 0.25) is 0 Å². The van der Waals surface area contributed by atoms with Gasteiger partial charge < -0.3 is 24.6 Å². The Balaban J connectivity index is 1.47. The molecule has 0 unspecified atom stereocenters. The summed E-state index contributed by atoms with van der Waals surface area (Å²) >= 11 is 0. The second kappa shape index (κ2) is 10.6. The van der Waals surface area contributed by atoms with Crippen LogP contribution in [-0.4, -0.2) is 63.2 Å². The zero-order valence-corrected chi connectivity index (χ0v) is 19.4. The molecule has 0 spiro atoms. The Morgan fingerprint density at radius 1 is 0.800 bits per heavy atom. The van der Waals surface area contributed by atoms with Gasteiger partial charge in [-0.25, -0.2) is 4.79 Å². The minimum Gasteiger partial charge on any atom is -0.394 e. The normalized spacial score (nSPS) is 24.6. The lowest BCUT2D eigenvalue weighted by atomic mass is 10.0. The monoisotopic (exact) mass is 474 g/mol. The van der Waals surface area contributed by atoms with E-state index >= 15 is 0 Å². The molecule has 2 saturated heterocycles. The van der Waals surface area contributed by atoms with Crippen molar-refractivity contribution < 1.29 is 24.5 Å². The van der Waals surface area contributed by atoms with Gasteiger partial charge in [0.15, 0.2) is 6.23 Å². The van der Waals surface area contributed by atoms with E-state index in [9.17, 15) is 15.0 Å². The molecule has 3 aromatic rings. The van der Waals surface area contributed by atoms with Gasteiger partial charge in [0.1, 0.15) is 24.4 Å². The summed E-state index contributed by atoms with van der Waals surface area (Å²) in [5.41, 5.74) is 2.96. The van der Waals surface area contributed by atoms with Crippen LogP contribution in [0.4, 0.5) is 4.79 Å². The molecule has 2 fully saturated rings. The molecule has 5 rings (SSSR count). The molecule has 2 N–H and O–H groups in total. The molecule has 2 amide bonds. The molecule has 35 heavy (non-hydrogen) atoms. The first-order chi connectivity index (χ1) is 17.2. The van der Waals surface area contributed by atoms with Crippen LogP contribution in [0.1, 0.15) is 16.7 Å². The fourth-order valence-corrected chi connectivity index (χ4v) is 4.93. The van der Waals surface area contributed by atoms with E-state index < -0.39 is 37.2 Å². The first-order valence-corrected chi connectivity index (χ1v) is 11.9. The first kappa shape index (κ1) is 23.5. The first-order valence-electron chi connectivity index (χ1n) is 11.9. The summed E-state index contributed by atoms with van der Waals surface area (Å²) in [7, 11) is 0. The number of ether oxygens (including phenoxy) is 2. The highest BCUT2D eigenvalue weighted by atomic mass is 16.6. The average molecular weight is 475 g/mol. The lowest BCUT2D eigenvalue weighted by Gasteiger charge is -2.31. The molecule has 0 aromatic heterocycles. The van der Waals surface area contributed by atoms with Crippen LogP contribution in [0.3, 0.4) is 0 Å². The quantitative estimate of drug-likeness (QED) is 0.498. The summed E-state index contributed by atoms with van der Waals surface area (Å²) < 4.78 is 12.6. The van der Waals surface area contributed by atoms with Crippen LogP contribution in [0.25, 0.3) is 0 Å². The highest BCUT2D eigenvalue weighted by molar-refractivity contribution is 5.78. The number of rotatable bonds is 9. The third-order valence-electron chi connectivity index (χ3n) is 6.65. The van der Waals surface area contributed by atoms with Crippen LogP contribution in [0.15, 0.2) is 91.0 Å². The van der Waals surface area contributed by atoms with Gasteiger partial charge in [-0.15, -0.1) is 0 Å². The van der Waals surface area contributed by atoms with E-state index in [2.05, 4.69) is 0 Å². The molecule has 0 radical (unpaired) electrons. The summed E-state index contributed by atoms with van der Waals surface area (Å²) in [5.74, 6) is 0. The molecule has 0 aliphatic carbocycles. The molecular formula is C28H30N2O5. The molecule has 2 heterocycles. The number of fused-ring (bicyclic) bond motifs is 1. The molecule has 7 nitrogen and oxygen atoms in total. The Labute approximate surface area is 205 Å². The second-order valence-corrected chi connectivity index (χ2v) is 9.00. The van der Waals surface area contributed by atoms with E-state index in [-0.39, 0.29) is 6.03 Å². The molecular weight excluding hydrogens is 444 g/mol. The van der Waals surface area contributed by atoms with Crippen molar-refractivity contribution >= 4 is 6.03 Å². The van der Waals surface area contributed by atoms with Gasteiger partial charge >= 0.3 is 6.03 Å². The molecule has 0 saturated carbocycles. The summed E-state index contributed by atoms with van der Waals surface area (Å²) in [6.45, 7) is 0.613. The Morgan fingerprint density at radius 2 is 1.31 bits per heavy atom. The Morgan fingerprint density at radius 3 is 1.86 bits per heavy atom. The number of benzene rings is 3. The SMILES string of the molecule is O=C1N(Cc2ccccc2)[C@@H]2[C@@H](OCc3ccccc3)[C@@H]([C@H](O)CO)O[C@@H]2N1Cc1ccccc1. The number of aliphatic hydroxyl groups is 2. The van der Waals surface area contributed by atoms with Gasteiger partial charge in [0.05, 0.1) is 19.8 Å². The Hall–Kier alpha value is -3.23. The van der Waals surface area contributed by atoms with Crippen molar-refractivity contribution in [2.24, 2.45) is 0 Å². The minimum atomic E-state index is -1.13. The maximum Gasteiger partial charge on any atom is 0.323 e. The number of amides is 2. The van der Waals surface area contributed by atoms with Crippen molar-refractivity contribution in [1.82, 2.24) is 9.80 Å². The van der Waals surface area contributed by atoms with Crippen molar-refractivity contribution in [1.29, 1.82) is 0 Å². The van der Waals surface area contributed by atoms with E-state index in [1.54, 1.807) is 9.80 Å². The smallest absolute Gasteiger partial charge is 0.323 e. The zero-order chi connectivity index (χ0) is 24.2. The van der Waals surface area contributed by atoms with Crippen molar-refractivity contribution in [2.75, 3.05) is 6.61 Å². The van der Waals surface area contributed by atoms with E-state index in [1.807, 2.05) is 91.0 Å². The van der Waals surface area contributed by atoms with Crippen molar-refractivity contribution in [2.45, 2.75) is 50.3 Å². The van der Waals surface area contributed by atoms with Gasteiger partial charge in [-0.1, -0.05) is 91.0 Å². The lowest BCUT2D eigenvalue weighted by Crippen LogP contribution is -2.48. The summed E-state index contributed by atoms with van der Waals surface area (Å²) in [4.78, 5) is 17.2. The summed E-state index contributed by atoms with van der Waals surface area (Å²) in [5, 5.41) is 20.4. The number of aliphatic hydroxyl groups excluding tert-OH is 2. The molecule has 0 bridgehead atoms. The highest BCUT2D eigenvalue weighted by Gasteiger charge is 2.59. The van der Waals surface area contributed by atoms with Gasteiger partial charge in [0, 0.05) is 6.54 Å². The molecule has 2 aliphatic heterocycles. The predicted molar refractivity (Wildman–Crippen MR) is 130 cm³/mol. The number of nitrogens with zero attached hydrogens (tertiary/aromatic N) is 2. The number of hydrogen-bond donors (Lipinski definition) is 2. The van der Waals surface area contributed by atoms with E-state index in [0.717, 1.165) is 16.7 Å². The molecule has 182 valence electrons. The van der Waals surface area contributed by atoms with Gasteiger partial charge in [-0.3, -0.25) is 4.90 Å². The summed E-state index contributed by atoms with van der Waals surface area (Å²) in [6, 6.07) is 28.7. The predicted octanol–water partition coefficient (Wildman–Crippen LogP) is 3.16. The van der Waals surface area contributed by atoms with Crippen LogP contribution in [-0.2, 0) is 29.2 Å². The Kier molecular flexibility index (Phi) is 7.11. The van der Waals surface area contributed by atoms with E-state index in [1.165, 1.54) is 0 Å². The molecule has 7 heteroatoms. The van der Waals surface area contributed by atoms with Crippen LogP contribution in [0.5, 0.6) is 0 Å². The third-order valence-corrected chi connectivity index (χ3v) is 6.65. The van der Waals surface area contributed by atoms with Gasteiger partial charge in [-0.2, -0.15) is 0 Å². The van der Waals surface area contributed by atoms with Crippen molar-refractivity contribution in [3.05, 3.63) is 108 Å². The standard InChI is InChI=1S/C28H30N2O5/c31-18-23(32)25-26(34-19-22-14-8-3-9-15-22)24-27(35-25)30(17-21-12-6-2-7-13-21)28(33)29(24)16-20-10-4-1-5-11-20/h1-15,23-27,31-32H,16-19H2/t23-,24-,25-,26-,27+/m1/s1. The lowest BCUT2D eigenvalue weighted by molar-refractivity contribution is -0.119. The number of carbonyl (C=O) groups excluding carboxylic acids is 1. The second-order valence-electron chi connectivity index (χ2n) is 9.00. The topological polar surface area (TPSA) is 82.5 Å². The molecule has 5 atom stereocenters. The van der Waals surface area contributed by atoms with Crippen LogP contribution in [0, 0.1) is 0 Å². The summed E-state index contributed by atoms with van der Waals surface area (Å²) in [6.07, 6.45) is -3.13. The van der Waals surface area contributed by atoms with Gasteiger partial charge in [-0.05, 0) is 16.7 Å². The fraction of sp³-hybridized carbons (Fsp3) is 0.321. The van der Waals surface area contributed by atoms with E-state index in [0.29, 0.717) is 19.7 Å². The molecule has 3 aromatic carbocycles. The third kappa shape index (κ3) is 4.94. The number of hydrogen-bond acceptors (Lipinski definition) is 5. The van der Waals surface area contributed by atoms with Gasteiger partial charge in [0.25, 0.3) is 0 Å². The number of carbonyl (C=O) groups is 1. The highest BCUT2D eigenvalue weighted by Crippen LogP contribution is 2.39. The minimum absolute atomic E-state index is 0.141. The van der Waals surface area contributed by atoms with Crippen LogP contribution >= 0.6 is 0 Å². The van der Waals surface area contributed by atoms with E-state index in [4.69, 9.17) is 9.47 Å². The maximum absolute atomic E-state index is 13.7. The average Bonchev–Trinajstić information content (AvgIpc) is 3.39. The molecule has 2 aliphatic rings. The van der Waals surface area contributed by atoms with Crippen molar-refractivity contribution in [3.8, 4) is 0 Å². The fourth-order valence-electron chi connectivity index (χ4n) is 4.93. The number of urea groups is 1. The maximum atomic E-state index is 13.7. The van der Waals surface area contributed by atoms with Gasteiger partial charge in [0.2, 0.25) is 0 Å². The van der Waals surface area contributed by atoms with Crippen LogP contribution < -0.4 is 0 Å².